The summed E-state index contributed by atoms with van der Waals surface area (Å²) in [7, 11) is 0. The molecule has 0 spiro atoms. The average Bonchev–Trinajstić information content (AvgIpc) is 2.55. The molecule has 1 aromatic carbocycles. The molecule has 1 heteroatoms. The third-order valence-electron chi connectivity index (χ3n) is 4.44. The van der Waals surface area contributed by atoms with E-state index in [4.69, 9.17) is 4.74 Å². The predicted octanol–water partition coefficient (Wildman–Crippen LogP) is 7.19. The Hall–Kier alpha value is -0.820. The first-order valence-electron chi connectivity index (χ1n) is 10.2. The minimum absolute atomic E-state index is 0.244. The lowest BCUT2D eigenvalue weighted by Gasteiger charge is -2.24. The van der Waals surface area contributed by atoms with Crippen LogP contribution in [0, 0.1) is 5.41 Å². The number of hydrogen-bond donors (Lipinski definition) is 0. The van der Waals surface area contributed by atoms with Crippen LogP contribution in [0.5, 0.6) is 0 Å². The molecule has 0 heterocycles. The Balaban J connectivity index is 2.28. The smallest absolute Gasteiger partial charge is 0.0615 e. The van der Waals surface area contributed by atoms with Gasteiger partial charge in [-0.05, 0) is 23.8 Å². The molecule has 24 heavy (non-hydrogen) atoms. The van der Waals surface area contributed by atoms with Gasteiger partial charge in [0.25, 0.3) is 0 Å². The Kier molecular flexibility index (Phi) is 11.1. The quantitative estimate of drug-likeness (QED) is 0.347. The van der Waals surface area contributed by atoms with Gasteiger partial charge in [-0.3, -0.25) is 0 Å². The first-order chi connectivity index (χ1) is 11.5. The largest absolute Gasteiger partial charge is 0.377 e. The normalized spacial score (nSPS) is 13.2. The van der Waals surface area contributed by atoms with Gasteiger partial charge in [0, 0.05) is 0 Å². The molecule has 0 aliphatic carbocycles. The molecule has 0 saturated carbocycles. The molecule has 1 aromatic rings. The van der Waals surface area contributed by atoms with E-state index in [1.54, 1.807) is 0 Å². The molecule has 0 fully saturated rings. The highest BCUT2D eigenvalue weighted by atomic mass is 16.5. The molecule has 138 valence electrons. The van der Waals surface area contributed by atoms with Crippen LogP contribution in [0.3, 0.4) is 0 Å². The maximum Gasteiger partial charge on any atom is 0.0615 e. The average molecular weight is 333 g/mol. The molecule has 1 atom stereocenters. The topological polar surface area (TPSA) is 9.23 Å². The summed E-state index contributed by atoms with van der Waals surface area (Å²) in [4.78, 5) is 0. The lowest BCUT2D eigenvalue weighted by atomic mass is 9.97. The van der Waals surface area contributed by atoms with Crippen molar-refractivity contribution in [3.63, 3.8) is 0 Å². The molecule has 1 unspecified atom stereocenters. The number of unbranched alkanes of at least 4 members (excludes halogenated alkanes) is 7. The molecule has 0 saturated heterocycles. The molecule has 0 aliphatic heterocycles. The Morgan fingerprint density at radius 1 is 0.833 bits per heavy atom. The molecule has 1 rings (SSSR count). The van der Waals surface area contributed by atoms with Gasteiger partial charge in [-0.25, -0.2) is 0 Å². The fraction of sp³-hybridized carbons (Fsp3) is 0.739. The van der Waals surface area contributed by atoms with Crippen molar-refractivity contribution in [1.82, 2.24) is 0 Å². The van der Waals surface area contributed by atoms with Gasteiger partial charge in [-0.2, -0.15) is 0 Å². The summed E-state index contributed by atoms with van der Waals surface area (Å²) in [5, 5.41) is 0. The second-order valence-corrected chi connectivity index (χ2v) is 8.45. The molecule has 1 nitrogen and oxygen atoms in total. The predicted molar refractivity (Wildman–Crippen MR) is 107 cm³/mol. The van der Waals surface area contributed by atoms with Gasteiger partial charge in [0.2, 0.25) is 0 Å². The van der Waals surface area contributed by atoms with Crippen LogP contribution in [0.1, 0.15) is 91.0 Å². The summed E-state index contributed by atoms with van der Waals surface area (Å²) >= 11 is 0. The highest BCUT2D eigenvalue weighted by Crippen LogP contribution is 2.19. The Bertz CT molecular complexity index is 390. The van der Waals surface area contributed by atoms with Crippen molar-refractivity contribution < 1.29 is 4.74 Å². The van der Waals surface area contributed by atoms with Crippen LogP contribution in [0.25, 0.3) is 0 Å². The third kappa shape index (κ3) is 11.7. The first-order valence-corrected chi connectivity index (χ1v) is 10.2. The summed E-state index contributed by atoms with van der Waals surface area (Å²) in [5.74, 6) is 0. The van der Waals surface area contributed by atoms with Crippen LogP contribution in [0.4, 0.5) is 0 Å². The monoisotopic (exact) mass is 332 g/mol. The maximum absolute atomic E-state index is 6.27. The van der Waals surface area contributed by atoms with Crippen molar-refractivity contribution in [3.05, 3.63) is 35.9 Å². The molecule has 0 aromatic heterocycles. The lowest BCUT2D eigenvalue weighted by molar-refractivity contribution is 0.00350. The number of benzene rings is 1. The van der Waals surface area contributed by atoms with E-state index in [0.717, 1.165) is 13.0 Å². The van der Waals surface area contributed by atoms with E-state index in [1.807, 2.05) is 0 Å². The Labute approximate surface area is 151 Å². The Morgan fingerprint density at radius 2 is 1.42 bits per heavy atom. The number of hydrogen-bond acceptors (Lipinski definition) is 1. The van der Waals surface area contributed by atoms with Gasteiger partial charge in [0.05, 0.1) is 12.7 Å². The van der Waals surface area contributed by atoms with Crippen molar-refractivity contribution >= 4 is 0 Å². The third-order valence-corrected chi connectivity index (χ3v) is 4.44. The van der Waals surface area contributed by atoms with E-state index in [2.05, 4.69) is 58.0 Å². The van der Waals surface area contributed by atoms with E-state index in [-0.39, 0.29) is 5.41 Å². The summed E-state index contributed by atoms with van der Waals surface area (Å²) in [6.07, 6.45) is 13.6. The molecular weight excluding hydrogens is 292 g/mol. The fourth-order valence-electron chi connectivity index (χ4n) is 3.00. The van der Waals surface area contributed by atoms with E-state index in [1.165, 1.54) is 63.4 Å². The summed E-state index contributed by atoms with van der Waals surface area (Å²) in [6, 6.07) is 10.8. The molecular formula is C23H40O. The van der Waals surface area contributed by atoms with Crippen LogP contribution in [-0.4, -0.2) is 12.7 Å². The van der Waals surface area contributed by atoms with Crippen molar-refractivity contribution in [1.29, 1.82) is 0 Å². The van der Waals surface area contributed by atoms with Gasteiger partial charge in [-0.15, -0.1) is 0 Å². The van der Waals surface area contributed by atoms with Gasteiger partial charge in [0.15, 0.2) is 0 Å². The van der Waals surface area contributed by atoms with Crippen molar-refractivity contribution in [2.75, 3.05) is 6.61 Å². The zero-order chi connectivity index (χ0) is 17.7. The maximum atomic E-state index is 6.27. The molecule has 0 N–H and O–H groups in total. The van der Waals surface area contributed by atoms with Crippen LogP contribution in [0.2, 0.25) is 0 Å². The van der Waals surface area contributed by atoms with Crippen LogP contribution in [0.15, 0.2) is 30.3 Å². The zero-order valence-corrected chi connectivity index (χ0v) is 16.7. The number of rotatable bonds is 13. The standard InChI is InChI=1S/C23H40O/c1-5-6-7-8-9-10-11-15-18-22(24-20-23(2,3)4)19-21-16-13-12-14-17-21/h12-14,16-17,22H,5-11,15,18-20H2,1-4H3. The first kappa shape index (κ1) is 21.2. The lowest BCUT2D eigenvalue weighted by Crippen LogP contribution is -2.23. The van der Waals surface area contributed by atoms with E-state index < -0.39 is 0 Å². The van der Waals surface area contributed by atoms with E-state index in [0.29, 0.717) is 6.10 Å². The Morgan fingerprint density at radius 3 is 2.00 bits per heavy atom. The van der Waals surface area contributed by atoms with Crippen molar-refractivity contribution in [3.8, 4) is 0 Å². The van der Waals surface area contributed by atoms with Crippen LogP contribution in [-0.2, 0) is 11.2 Å². The minimum atomic E-state index is 0.244. The van der Waals surface area contributed by atoms with Crippen LogP contribution >= 0.6 is 0 Å². The zero-order valence-electron chi connectivity index (χ0n) is 16.7. The fourth-order valence-corrected chi connectivity index (χ4v) is 3.00. The molecule has 0 amide bonds. The van der Waals surface area contributed by atoms with Gasteiger partial charge >= 0.3 is 0 Å². The van der Waals surface area contributed by atoms with E-state index >= 15 is 0 Å². The summed E-state index contributed by atoms with van der Waals surface area (Å²) in [6.45, 7) is 9.89. The van der Waals surface area contributed by atoms with Gasteiger partial charge in [0.1, 0.15) is 0 Å². The van der Waals surface area contributed by atoms with Crippen molar-refractivity contribution in [2.45, 2.75) is 98.0 Å². The highest BCUT2D eigenvalue weighted by molar-refractivity contribution is 5.15. The van der Waals surface area contributed by atoms with Gasteiger partial charge in [-0.1, -0.05) is 109 Å². The van der Waals surface area contributed by atoms with Crippen LogP contribution < -0.4 is 0 Å². The summed E-state index contributed by atoms with van der Waals surface area (Å²) < 4.78 is 6.27. The number of ether oxygens (including phenoxy) is 1. The second-order valence-electron chi connectivity index (χ2n) is 8.45. The SMILES string of the molecule is CCCCCCCCCCC(Cc1ccccc1)OCC(C)(C)C. The van der Waals surface area contributed by atoms with Crippen molar-refractivity contribution in [2.24, 2.45) is 5.41 Å². The van der Waals surface area contributed by atoms with Gasteiger partial charge < -0.3 is 4.74 Å². The molecule has 0 radical (unpaired) electrons. The second kappa shape index (κ2) is 12.5. The molecule has 0 aliphatic rings. The van der Waals surface area contributed by atoms with E-state index in [9.17, 15) is 0 Å². The minimum Gasteiger partial charge on any atom is -0.377 e. The molecule has 0 bridgehead atoms. The highest BCUT2D eigenvalue weighted by Gasteiger charge is 2.16. The summed E-state index contributed by atoms with van der Waals surface area (Å²) in [5.41, 5.74) is 1.64.